The quantitative estimate of drug-likeness (QED) is 0.851. The first-order valence-electron chi connectivity index (χ1n) is 6.69. The molecular formula is C16H17NO2S. The third kappa shape index (κ3) is 2.00. The molecule has 0 aliphatic carbocycles. The van der Waals surface area contributed by atoms with E-state index < -0.39 is 10.0 Å². The van der Waals surface area contributed by atoms with Crippen LogP contribution in [0.5, 0.6) is 0 Å². The van der Waals surface area contributed by atoms with Crippen molar-refractivity contribution in [3.8, 4) is 0 Å². The lowest BCUT2D eigenvalue weighted by atomic mass is 10.1. The van der Waals surface area contributed by atoms with E-state index in [0.29, 0.717) is 4.90 Å². The van der Waals surface area contributed by atoms with E-state index in [0.717, 1.165) is 23.2 Å². The molecule has 1 aliphatic rings. The van der Waals surface area contributed by atoms with Crippen molar-refractivity contribution in [1.82, 2.24) is 0 Å². The van der Waals surface area contributed by atoms with Crippen LogP contribution in [0.3, 0.4) is 0 Å². The van der Waals surface area contributed by atoms with Crippen molar-refractivity contribution in [2.24, 2.45) is 0 Å². The number of aryl methyl sites for hydroxylation is 1. The minimum absolute atomic E-state index is 0.0436. The molecule has 0 radical (unpaired) electrons. The Morgan fingerprint density at radius 2 is 1.85 bits per heavy atom. The smallest absolute Gasteiger partial charge is 0.263 e. The van der Waals surface area contributed by atoms with Crippen molar-refractivity contribution in [1.29, 1.82) is 0 Å². The van der Waals surface area contributed by atoms with E-state index in [9.17, 15) is 8.42 Å². The second-order valence-electron chi connectivity index (χ2n) is 5.30. The Morgan fingerprint density at radius 1 is 1.10 bits per heavy atom. The Hall–Kier alpha value is -1.81. The molecule has 104 valence electrons. The minimum Gasteiger partial charge on any atom is -0.263 e. The average molecular weight is 287 g/mol. The average Bonchev–Trinajstić information content (AvgIpc) is 2.75. The summed E-state index contributed by atoms with van der Waals surface area (Å²) in [5.74, 6) is 0. The fourth-order valence-electron chi connectivity index (χ4n) is 2.79. The Bertz CT molecular complexity index is 753. The summed E-state index contributed by atoms with van der Waals surface area (Å²) in [7, 11) is -3.49. The van der Waals surface area contributed by atoms with E-state index in [4.69, 9.17) is 0 Å². The highest BCUT2D eigenvalue weighted by molar-refractivity contribution is 7.92. The van der Waals surface area contributed by atoms with Crippen molar-refractivity contribution in [2.75, 3.05) is 4.31 Å². The molecule has 3 rings (SSSR count). The van der Waals surface area contributed by atoms with E-state index in [1.807, 2.05) is 44.2 Å². The number of fused-ring (bicyclic) bond motifs is 1. The summed E-state index contributed by atoms with van der Waals surface area (Å²) < 4.78 is 27.3. The van der Waals surface area contributed by atoms with Gasteiger partial charge < -0.3 is 0 Å². The number of sulfonamides is 1. The number of nitrogens with zero attached hydrogens (tertiary/aromatic N) is 1. The van der Waals surface area contributed by atoms with Crippen LogP contribution in [0.4, 0.5) is 5.69 Å². The number of anilines is 1. The van der Waals surface area contributed by atoms with Gasteiger partial charge in [0.2, 0.25) is 0 Å². The first-order chi connectivity index (χ1) is 9.50. The molecule has 20 heavy (non-hydrogen) atoms. The molecule has 3 nitrogen and oxygen atoms in total. The number of hydrogen-bond donors (Lipinski definition) is 0. The predicted molar refractivity (Wildman–Crippen MR) is 80.5 cm³/mol. The summed E-state index contributed by atoms with van der Waals surface area (Å²) in [6.45, 7) is 3.85. The van der Waals surface area contributed by atoms with Crippen LogP contribution in [0.2, 0.25) is 0 Å². The van der Waals surface area contributed by atoms with Gasteiger partial charge in [-0.15, -0.1) is 0 Å². The fourth-order valence-corrected chi connectivity index (χ4v) is 4.59. The van der Waals surface area contributed by atoms with E-state index in [2.05, 4.69) is 0 Å². The van der Waals surface area contributed by atoms with Crippen LogP contribution in [0.25, 0.3) is 0 Å². The highest BCUT2D eigenvalue weighted by Crippen LogP contribution is 2.36. The monoisotopic (exact) mass is 287 g/mol. The van der Waals surface area contributed by atoms with Crippen LogP contribution in [-0.2, 0) is 16.4 Å². The first-order valence-corrected chi connectivity index (χ1v) is 8.13. The summed E-state index contributed by atoms with van der Waals surface area (Å²) >= 11 is 0. The van der Waals surface area contributed by atoms with Gasteiger partial charge in [-0.05, 0) is 49.6 Å². The summed E-state index contributed by atoms with van der Waals surface area (Å²) in [6, 6.07) is 14.8. The molecule has 0 saturated heterocycles. The lowest BCUT2D eigenvalue weighted by molar-refractivity contribution is 0.584. The Balaban J connectivity index is 2.13. The molecular weight excluding hydrogens is 270 g/mol. The SMILES string of the molecule is Cc1cccc(S(=O)(=O)N2c3ccccc3CC2C)c1. The molecule has 4 heteroatoms. The molecule has 1 aliphatic heterocycles. The van der Waals surface area contributed by atoms with Gasteiger partial charge >= 0.3 is 0 Å². The van der Waals surface area contributed by atoms with E-state index >= 15 is 0 Å². The van der Waals surface area contributed by atoms with Crippen LogP contribution >= 0.6 is 0 Å². The maximum atomic E-state index is 12.9. The zero-order chi connectivity index (χ0) is 14.3. The standard InChI is InChI=1S/C16H17NO2S/c1-12-6-5-8-15(10-12)20(18,19)17-13(2)11-14-7-3-4-9-16(14)17/h3-10,13H,11H2,1-2H3. The molecule has 0 aromatic heterocycles. The Kier molecular flexibility index (Phi) is 3.05. The largest absolute Gasteiger partial charge is 0.264 e. The zero-order valence-corrected chi connectivity index (χ0v) is 12.4. The van der Waals surface area contributed by atoms with Crippen LogP contribution in [0, 0.1) is 6.92 Å². The lowest BCUT2D eigenvalue weighted by Gasteiger charge is -2.24. The number of hydrogen-bond acceptors (Lipinski definition) is 2. The van der Waals surface area contributed by atoms with Crippen LogP contribution in [0.15, 0.2) is 53.4 Å². The van der Waals surface area contributed by atoms with E-state index in [1.54, 1.807) is 22.5 Å². The third-order valence-electron chi connectivity index (χ3n) is 3.69. The van der Waals surface area contributed by atoms with Crippen molar-refractivity contribution in [2.45, 2.75) is 31.2 Å². The molecule has 0 amide bonds. The molecule has 1 heterocycles. The molecule has 0 bridgehead atoms. The van der Waals surface area contributed by atoms with Crippen LogP contribution < -0.4 is 4.31 Å². The van der Waals surface area contributed by atoms with Gasteiger partial charge in [-0.2, -0.15) is 0 Å². The highest BCUT2D eigenvalue weighted by Gasteiger charge is 2.35. The van der Waals surface area contributed by atoms with Gasteiger partial charge in [0.15, 0.2) is 0 Å². The topological polar surface area (TPSA) is 37.4 Å². The molecule has 0 N–H and O–H groups in total. The summed E-state index contributed by atoms with van der Waals surface area (Å²) in [4.78, 5) is 0.362. The van der Waals surface area contributed by atoms with Gasteiger partial charge in [0.1, 0.15) is 0 Å². The zero-order valence-electron chi connectivity index (χ0n) is 11.6. The predicted octanol–water partition coefficient (Wildman–Crippen LogP) is 3.13. The maximum absolute atomic E-state index is 12.9. The molecule has 1 unspecified atom stereocenters. The highest BCUT2D eigenvalue weighted by atomic mass is 32.2. The minimum atomic E-state index is -3.49. The summed E-state index contributed by atoms with van der Waals surface area (Å²) in [6.07, 6.45) is 0.765. The van der Waals surface area contributed by atoms with Crippen molar-refractivity contribution in [3.63, 3.8) is 0 Å². The molecule has 1 atom stereocenters. The number of para-hydroxylation sites is 1. The van der Waals surface area contributed by atoms with Gasteiger partial charge in [0, 0.05) is 6.04 Å². The molecule has 2 aromatic rings. The maximum Gasteiger partial charge on any atom is 0.264 e. The second kappa shape index (κ2) is 4.63. The second-order valence-corrected chi connectivity index (χ2v) is 7.11. The van der Waals surface area contributed by atoms with E-state index in [-0.39, 0.29) is 6.04 Å². The summed E-state index contributed by atoms with van der Waals surface area (Å²) in [5.41, 5.74) is 2.85. The van der Waals surface area contributed by atoms with Crippen molar-refractivity contribution < 1.29 is 8.42 Å². The Labute approximate surface area is 119 Å². The van der Waals surface area contributed by atoms with Gasteiger partial charge in [-0.25, -0.2) is 8.42 Å². The van der Waals surface area contributed by atoms with Crippen molar-refractivity contribution >= 4 is 15.7 Å². The summed E-state index contributed by atoms with van der Waals surface area (Å²) in [5, 5.41) is 0. The van der Waals surface area contributed by atoms with Gasteiger partial charge in [0.25, 0.3) is 10.0 Å². The normalized spacial score (nSPS) is 18.1. The molecule has 2 aromatic carbocycles. The van der Waals surface area contributed by atoms with Gasteiger partial charge in [0.05, 0.1) is 10.6 Å². The lowest BCUT2D eigenvalue weighted by Crippen LogP contribution is -2.35. The Morgan fingerprint density at radius 3 is 2.60 bits per heavy atom. The van der Waals surface area contributed by atoms with E-state index in [1.165, 1.54) is 0 Å². The third-order valence-corrected chi connectivity index (χ3v) is 5.62. The molecule has 0 fully saturated rings. The number of benzene rings is 2. The van der Waals surface area contributed by atoms with Gasteiger partial charge in [-0.3, -0.25) is 4.31 Å². The number of rotatable bonds is 2. The van der Waals surface area contributed by atoms with Crippen molar-refractivity contribution in [3.05, 3.63) is 59.7 Å². The van der Waals surface area contributed by atoms with Crippen LogP contribution in [-0.4, -0.2) is 14.5 Å². The first kappa shape index (κ1) is 13.2. The fraction of sp³-hybridized carbons (Fsp3) is 0.250. The molecule has 0 spiro atoms. The molecule has 0 saturated carbocycles. The van der Waals surface area contributed by atoms with Crippen LogP contribution in [0.1, 0.15) is 18.1 Å². The van der Waals surface area contributed by atoms with Gasteiger partial charge in [-0.1, -0.05) is 30.3 Å².